The number of nitrogens with zero attached hydrogens (tertiary/aromatic N) is 4. The lowest BCUT2D eigenvalue weighted by atomic mass is 9.89. The molecule has 3 rings (SSSR count). The second-order valence-electron chi connectivity index (χ2n) is 6.41. The number of carbonyl (C=O) groups excluding carboxylic acids is 2. The van der Waals surface area contributed by atoms with Gasteiger partial charge in [0.1, 0.15) is 18.1 Å². The van der Waals surface area contributed by atoms with Crippen LogP contribution >= 0.6 is 0 Å². The molecule has 7 heteroatoms. The second kappa shape index (κ2) is 7.42. The molecule has 0 unspecified atom stereocenters. The molecule has 0 radical (unpaired) electrons. The zero-order chi connectivity index (χ0) is 16.9. The Hall–Kier alpha value is -2.44. The van der Waals surface area contributed by atoms with Crippen LogP contribution in [0.15, 0.2) is 24.5 Å². The third-order valence-electron chi connectivity index (χ3n) is 4.45. The topological polar surface area (TPSA) is 81.8 Å². The number of carbonyl (C=O) groups is 2. The first-order valence-electron chi connectivity index (χ1n) is 8.48. The molecule has 0 saturated heterocycles. The highest BCUT2D eigenvalue weighted by molar-refractivity contribution is 5.92. The average Bonchev–Trinajstić information content (AvgIpc) is 3.18. The third kappa shape index (κ3) is 4.10. The molecule has 24 heavy (non-hydrogen) atoms. The lowest BCUT2D eigenvalue weighted by Gasteiger charge is -2.22. The molecule has 1 N–H and O–H groups in total. The number of anilines is 1. The van der Waals surface area contributed by atoms with Crippen LogP contribution in [0.1, 0.15) is 49.5 Å². The Balaban J connectivity index is 1.58. The van der Waals surface area contributed by atoms with Crippen molar-refractivity contribution in [1.29, 1.82) is 0 Å². The van der Waals surface area contributed by atoms with Crippen molar-refractivity contribution in [2.45, 2.75) is 52.1 Å². The highest BCUT2D eigenvalue weighted by Crippen LogP contribution is 2.25. The summed E-state index contributed by atoms with van der Waals surface area (Å²) in [6, 6.07) is 3.42. The molecule has 0 aromatic carbocycles. The highest BCUT2D eigenvalue weighted by Gasteiger charge is 2.16. The van der Waals surface area contributed by atoms with E-state index in [-0.39, 0.29) is 18.2 Å². The summed E-state index contributed by atoms with van der Waals surface area (Å²) in [4.78, 5) is 23.5. The molecule has 0 spiro atoms. The molecule has 2 aromatic heterocycles. The number of nitrogens with one attached hydrogen (secondary N) is 1. The molecule has 2 heterocycles. The second-order valence-corrected chi connectivity index (χ2v) is 6.41. The van der Waals surface area contributed by atoms with Crippen LogP contribution in [0.25, 0.3) is 0 Å². The van der Waals surface area contributed by atoms with Gasteiger partial charge in [0.15, 0.2) is 5.78 Å². The van der Waals surface area contributed by atoms with Gasteiger partial charge in [-0.1, -0.05) is 19.3 Å². The zero-order valence-corrected chi connectivity index (χ0v) is 13.9. The molecule has 1 aliphatic rings. The number of Topliss-reactive ketones (excluding diaryl/α,β-unsaturated/α-hetero) is 1. The summed E-state index contributed by atoms with van der Waals surface area (Å²) in [6.45, 7) is 2.37. The van der Waals surface area contributed by atoms with E-state index < -0.39 is 0 Å². The Morgan fingerprint density at radius 2 is 2.04 bits per heavy atom. The first-order chi connectivity index (χ1) is 11.6. The van der Waals surface area contributed by atoms with Crippen LogP contribution in [0.2, 0.25) is 0 Å². The van der Waals surface area contributed by atoms with E-state index in [9.17, 15) is 9.59 Å². The monoisotopic (exact) mass is 329 g/mol. The average molecular weight is 329 g/mol. The van der Waals surface area contributed by atoms with Crippen LogP contribution in [-0.4, -0.2) is 31.3 Å². The lowest BCUT2D eigenvalue weighted by Crippen LogP contribution is -2.23. The quantitative estimate of drug-likeness (QED) is 0.826. The Labute approximate surface area is 141 Å². The van der Waals surface area contributed by atoms with Crippen molar-refractivity contribution in [3.05, 3.63) is 30.2 Å². The van der Waals surface area contributed by atoms with E-state index in [4.69, 9.17) is 0 Å². The minimum Gasteiger partial charge on any atom is -0.309 e. The number of amides is 1. The van der Waals surface area contributed by atoms with Crippen molar-refractivity contribution in [2.24, 2.45) is 5.92 Å². The van der Waals surface area contributed by atoms with Gasteiger partial charge >= 0.3 is 0 Å². The van der Waals surface area contributed by atoms with Crippen LogP contribution in [0.3, 0.4) is 0 Å². The summed E-state index contributed by atoms with van der Waals surface area (Å²) >= 11 is 0. The van der Waals surface area contributed by atoms with Crippen molar-refractivity contribution >= 4 is 17.5 Å². The van der Waals surface area contributed by atoms with E-state index >= 15 is 0 Å². The number of ketones is 1. The Morgan fingerprint density at radius 1 is 1.25 bits per heavy atom. The maximum atomic E-state index is 12.2. The van der Waals surface area contributed by atoms with Gasteiger partial charge in [0.05, 0.1) is 6.20 Å². The van der Waals surface area contributed by atoms with E-state index in [2.05, 4.69) is 15.5 Å². The molecule has 7 nitrogen and oxygen atoms in total. The Kier molecular flexibility index (Phi) is 5.08. The predicted octanol–water partition coefficient (Wildman–Crippen LogP) is 2.50. The summed E-state index contributed by atoms with van der Waals surface area (Å²) in [5.74, 6) is 1.06. The summed E-state index contributed by atoms with van der Waals surface area (Å²) in [7, 11) is 0. The smallest absolute Gasteiger partial charge is 0.247 e. The van der Waals surface area contributed by atoms with Crippen LogP contribution < -0.4 is 5.32 Å². The molecular formula is C17H23N5O2. The van der Waals surface area contributed by atoms with E-state index in [1.165, 1.54) is 43.7 Å². The fraction of sp³-hybridized carbons (Fsp3) is 0.529. The first-order valence-corrected chi connectivity index (χ1v) is 8.48. The van der Waals surface area contributed by atoms with E-state index in [1.54, 1.807) is 18.5 Å². The lowest BCUT2D eigenvalue weighted by molar-refractivity contribution is -0.117. The predicted molar refractivity (Wildman–Crippen MR) is 89.7 cm³/mol. The van der Waals surface area contributed by atoms with Crippen molar-refractivity contribution in [1.82, 2.24) is 19.6 Å². The van der Waals surface area contributed by atoms with Crippen LogP contribution in [0.5, 0.6) is 0 Å². The molecule has 1 amide bonds. The van der Waals surface area contributed by atoms with Crippen LogP contribution in [0, 0.1) is 5.92 Å². The molecule has 0 aliphatic heterocycles. The maximum absolute atomic E-state index is 12.2. The van der Waals surface area contributed by atoms with Crippen molar-refractivity contribution in [3.8, 4) is 0 Å². The summed E-state index contributed by atoms with van der Waals surface area (Å²) < 4.78 is 3.34. The first kappa shape index (κ1) is 16.4. The van der Waals surface area contributed by atoms with Gasteiger partial charge in [-0.2, -0.15) is 10.2 Å². The van der Waals surface area contributed by atoms with E-state index in [0.29, 0.717) is 17.4 Å². The molecule has 0 atom stereocenters. The van der Waals surface area contributed by atoms with Crippen molar-refractivity contribution < 1.29 is 9.59 Å². The standard InChI is InChI=1S/C17H23N5O2/c1-13(23)15-8-10-21(20-15)12-17(24)19-16-7-9-18-22(16)11-14-5-3-2-4-6-14/h7-10,14H,2-6,11-12H2,1H3,(H,19,24). The molecule has 1 fully saturated rings. The molecule has 128 valence electrons. The van der Waals surface area contributed by atoms with Gasteiger partial charge in [-0.3, -0.25) is 14.3 Å². The van der Waals surface area contributed by atoms with Gasteiger partial charge in [-0.05, 0) is 24.8 Å². The van der Waals surface area contributed by atoms with Gasteiger partial charge in [0.25, 0.3) is 0 Å². The number of hydrogen-bond donors (Lipinski definition) is 1. The SMILES string of the molecule is CC(=O)c1ccn(CC(=O)Nc2ccnn2CC2CCCCC2)n1. The molecule has 0 bridgehead atoms. The van der Waals surface area contributed by atoms with Crippen molar-refractivity contribution in [3.63, 3.8) is 0 Å². The normalized spacial score (nSPS) is 15.4. The summed E-state index contributed by atoms with van der Waals surface area (Å²) in [5.41, 5.74) is 0.366. The third-order valence-corrected chi connectivity index (χ3v) is 4.45. The molecular weight excluding hydrogens is 306 g/mol. The highest BCUT2D eigenvalue weighted by atomic mass is 16.2. The minimum atomic E-state index is -0.182. The van der Waals surface area contributed by atoms with Crippen molar-refractivity contribution in [2.75, 3.05) is 5.32 Å². The van der Waals surface area contributed by atoms with E-state index in [0.717, 1.165) is 6.54 Å². The molecule has 2 aromatic rings. The zero-order valence-electron chi connectivity index (χ0n) is 13.9. The van der Waals surface area contributed by atoms with Crippen LogP contribution in [-0.2, 0) is 17.9 Å². The van der Waals surface area contributed by atoms with Gasteiger partial charge in [-0.15, -0.1) is 0 Å². The van der Waals surface area contributed by atoms with Gasteiger partial charge < -0.3 is 5.32 Å². The fourth-order valence-electron chi connectivity index (χ4n) is 3.17. The molecule has 1 saturated carbocycles. The Bertz CT molecular complexity index is 712. The molecule has 1 aliphatic carbocycles. The van der Waals surface area contributed by atoms with Gasteiger partial charge in [-0.25, -0.2) is 4.68 Å². The number of aromatic nitrogens is 4. The summed E-state index contributed by atoms with van der Waals surface area (Å²) in [5, 5.41) is 11.3. The summed E-state index contributed by atoms with van der Waals surface area (Å²) in [6.07, 6.45) is 9.70. The number of hydrogen-bond acceptors (Lipinski definition) is 4. The number of rotatable bonds is 6. The van der Waals surface area contributed by atoms with E-state index in [1.807, 2.05) is 10.7 Å². The largest absolute Gasteiger partial charge is 0.309 e. The fourth-order valence-corrected chi connectivity index (χ4v) is 3.17. The van der Waals surface area contributed by atoms with Crippen LogP contribution in [0.4, 0.5) is 5.82 Å². The minimum absolute atomic E-state index is 0.0713. The van der Waals surface area contributed by atoms with Gasteiger partial charge in [0, 0.05) is 25.7 Å². The van der Waals surface area contributed by atoms with Gasteiger partial charge in [0.2, 0.25) is 5.91 Å². The Morgan fingerprint density at radius 3 is 2.75 bits per heavy atom. The maximum Gasteiger partial charge on any atom is 0.247 e.